The molecule has 2 aromatic rings. The van der Waals surface area contributed by atoms with Gasteiger partial charge in [0.1, 0.15) is 11.4 Å². The fraction of sp³-hybridized carbons (Fsp3) is 0.312. The van der Waals surface area contributed by atoms with Crippen LogP contribution >= 0.6 is 0 Å². The first-order valence-electron chi connectivity index (χ1n) is 7.20. The van der Waals surface area contributed by atoms with Crippen LogP contribution in [0.1, 0.15) is 29.6 Å². The number of amides is 1. The van der Waals surface area contributed by atoms with Crippen molar-refractivity contribution in [3.8, 4) is 11.3 Å². The summed E-state index contributed by atoms with van der Waals surface area (Å²) < 4.78 is 14.8. The van der Waals surface area contributed by atoms with Crippen molar-refractivity contribution >= 4 is 5.91 Å². The highest BCUT2D eigenvalue weighted by molar-refractivity contribution is 5.93. The van der Waals surface area contributed by atoms with Crippen LogP contribution in [0.2, 0.25) is 0 Å². The van der Waals surface area contributed by atoms with Crippen LogP contribution < -0.4 is 11.2 Å². The molecule has 0 radical (unpaired) electrons. The standard InChI is InChI=1S/C16H16FN3O2/c17-11-4-5-14(19-6-11)12-8-20(7-10-2-1-3-10)9-13(15(12)21)16(18)22/h4-6,8-10H,1-3,7H2,(H2,18,22). The van der Waals surface area contributed by atoms with E-state index in [4.69, 9.17) is 5.73 Å². The average Bonchev–Trinajstić information content (AvgIpc) is 2.45. The molecule has 1 aliphatic carbocycles. The highest BCUT2D eigenvalue weighted by Gasteiger charge is 2.20. The van der Waals surface area contributed by atoms with E-state index >= 15 is 0 Å². The minimum absolute atomic E-state index is 0.0667. The summed E-state index contributed by atoms with van der Waals surface area (Å²) in [4.78, 5) is 27.8. The van der Waals surface area contributed by atoms with Crippen molar-refractivity contribution in [2.24, 2.45) is 11.7 Å². The van der Waals surface area contributed by atoms with Crippen molar-refractivity contribution in [1.29, 1.82) is 0 Å². The first-order chi connectivity index (χ1) is 10.5. The summed E-state index contributed by atoms with van der Waals surface area (Å²) >= 11 is 0. The summed E-state index contributed by atoms with van der Waals surface area (Å²) in [6.45, 7) is 0.731. The Morgan fingerprint density at radius 3 is 2.68 bits per heavy atom. The molecule has 1 aliphatic rings. The van der Waals surface area contributed by atoms with Crippen molar-refractivity contribution in [1.82, 2.24) is 9.55 Å². The van der Waals surface area contributed by atoms with Gasteiger partial charge in [0, 0.05) is 18.9 Å². The molecule has 0 spiro atoms. The van der Waals surface area contributed by atoms with Gasteiger partial charge < -0.3 is 10.3 Å². The summed E-state index contributed by atoms with van der Waals surface area (Å²) in [5.41, 5.74) is 5.35. The Balaban J connectivity index is 2.08. The molecule has 5 nitrogen and oxygen atoms in total. The largest absolute Gasteiger partial charge is 0.365 e. The van der Waals surface area contributed by atoms with Gasteiger partial charge in [0.2, 0.25) is 5.43 Å². The Bertz CT molecular complexity index is 764. The van der Waals surface area contributed by atoms with Crippen LogP contribution in [0, 0.1) is 11.7 Å². The second-order valence-corrected chi connectivity index (χ2v) is 5.63. The smallest absolute Gasteiger partial charge is 0.254 e. The molecule has 2 aromatic heterocycles. The van der Waals surface area contributed by atoms with E-state index in [0.29, 0.717) is 11.6 Å². The molecule has 0 aromatic carbocycles. The van der Waals surface area contributed by atoms with Gasteiger partial charge in [-0.1, -0.05) is 6.42 Å². The minimum Gasteiger partial charge on any atom is -0.365 e. The quantitative estimate of drug-likeness (QED) is 0.937. The lowest BCUT2D eigenvalue weighted by atomic mass is 9.85. The lowest BCUT2D eigenvalue weighted by Crippen LogP contribution is -2.26. The van der Waals surface area contributed by atoms with Crippen LogP contribution in [0.3, 0.4) is 0 Å². The van der Waals surface area contributed by atoms with Crippen LogP contribution in [0.5, 0.6) is 0 Å². The van der Waals surface area contributed by atoms with Gasteiger partial charge in [-0.15, -0.1) is 0 Å². The number of hydrogen-bond donors (Lipinski definition) is 1. The maximum absolute atomic E-state index is 13.0. The first-order valence-corrected chi connectivity index (χ1v) is 7.20. The van der Waals surface area contributed by atoms with E-state index in [-0.39, 0.29) is 11.1 Å². The van der Waals surface area contributed by atoms with E-state index in [1.165, 1.54) is 24.8 Å². The highest BCUT2D eigenvalue weighted by atomic mass is 19.1. The third kappa shape index (κ3) is 2.77. The number of aromatic nitrogens is 2. The van der Waals surface area contributed by atoms with Gasteiger partial charge in [0.05, 0.1) is 17.5 Å². The molecule has 1 amide bonds. The van der Waals surface area contributed by atoms with Gasteiger partial charge >= 0.3 is 0 Å². The van der Waals surface area contributed by atoms with Gasteiger partial charge in [-0.2, -0.15) is 0 Å². The fourth-order valence-electron chi connectivity index (χ4n) is 2.60. The number of nitrogens with zero attached hydrogens (tertiary/aromatic N) is 2. The zero-order valence-corrected chi connectivity index (χ0v) is 12.0. The predicted octanol–water partition coefficient (Wildman–Crippen LogP) is 1.95. The molecule has 0 atom stereocenters. The number of halogens is 1. The van der Waals surface area contributed by atoms with E-state index in [2.05, 4.69) is 4.98 Å². The van der Waals surface area contributed by atoms with Gasteiger partial charge in [-0.25, -0.2) is 4.39 Å². The van der Waals surface area contributed by atoms with Crippen LogP contribution in [0.25, 0.3) is 11.3 Å². The Labute approximate surface area is 126 Å². The van der Waals surface area contributed by atoms with E-state index in [1.54, 1.807) is 6.20 Å². The van der Waals surface area contributed by atoms with Gasteiger partial charge in [-0.3, -0.25) is 14.6 Å². The minimum atomic E-state index is -0.767. The predicted molar refractivity (Wildman–Crippen MR) is 79.7 cm³/mol. The maximum Gasteiger partial charge on any atom is 0.254 e. The normalized spacial score (nSPS) is 14.6. The number of pyridine rings is 2. The van der Waals surface area contributed by atoms with Crippen LogP contribution in [-0.2, 0) is 6.54 Å². The molecular weight excluding hydrogens is 285 g/mol. The molecule has 1 saturated carbocycles. The van der Waals surface area contributed by atoms with Crippen molar-refractivity contribution in [2.75, 3.05) is 0 Å². The van der Waals surface area contributed by atoms with E-state index in [1.807, 2.05) is 4.57 Å². The summed E-state index contributed by atoms with van der Waals surface area (Å²) in [5, 5.41) is 0. The summed E-state index contributed by atoms with van der Waals surface area (Å²) in [5.74, 6) is -0.696. The Hall–Kier alpha value is -2.50. The van der Waals surface area contributed by atoms with Crippen LogP contribution in [-0.4, -0.2) is 15.5 Å². The molecule has 0 aliphatic heterocycles. The second kappa shape index (κ2) is 5.71. The monoisotopic (exact) mass is 301 g/mol. The summed E-state index contributed by atoms with van der Waals surface area (Å²) in [6.07, 6.45) is 7.69. The number of nitrogens with two attached hydrogens (primary N) is 1. The SMILES string of the molecule is NC(=O)c1cn(CC2CCC2)cc(-c2ccc(F)cn2)c1=O. The Morgan fingerprint density at radius 2 is 2.14 bits per heavy atom. The number of hydrogen-bond acceptors (Lipinski definition) is 3. The molecule has 6 heteroatoms. The van der Waals surface area contributed by atoms with Gasteiger partial charge in [0.25, 0.3) is 5.91 Å². The van der Waals surface area contributed by atoms with Gasteiger partial charge in [-0.05, 0) is 30.9 Å². The van der Waals surface area contributed by atoms with Crippen molar-refractivity contribution in [2.45, 2.75) is 25.8 Å². The van der Waals surface area contributed by atoms with Crippen LogP contribution in [0.15, 0.2) is 35.5 Å². The average molecular weight is 301 g/mol. The van der Waals surface area contributed by atoms with E-state index in [9.17, 15) is 14.0 Å². The van der Waals surface area contributed by atoms with E-state index in [0.717, 1.165) is 25.6 Å². The number of carbonyl (C=O) groups is 1. The number of rotatable bonds is 4. The van der Waals surface area contributed by atoms with Crippen LogP contribution in [0.4, 0.5) is 4.39 Å². The maximum atomic E-state index is 13.0. The van der Waals surface area contributed by atoms with Crippen molar-refractivity contribution < 1.29 is 9.18 Å². The summed E-state index contributed by atoms with van der Waals surface area (Å²) in [7, 11) is 0. The fourth-order valence-corrected chi connectivity index (χ4v) is 2.60. The molecule has 3 rings (SSSR count). The van der Waals surface area contributed by atoms with Gasteiger partial charge in [0.15, 0.2) is 0 Å². The molecule has 0 unspecified atom stereocenters. The number of primary amides is 1. The topological polar surface area (TPSA) is 78.0 Å². The zero-order valence-electron chi connectivity index (χ0n) is 12.0. The molecule has 2 N–H and O–H groups in total. The summed E-state index contributed by atoms with van der Waals surface area (Å²) in [6, 6.07) is 2.65. The number of carbonyl (C=O) groups excluding carboxylic acids is 1. The molecule has 0 bridgehead atoms. The third-order valence-electron chi connectivity index (χ3n) is 4.04. The third-order valence-corrected chi connectivity index (χ3v) is 4.04. The molecule has 0 saturated heterocycles. The Kier molecular flexibility index (Phi) is 3.75. The van der Waals surface area contributed by atoms with Crippen molar-refractivity contribution in [3.63, 3.8) is 0 Å². The molecule has 2 heterocycles. The Morgan fingerprint density at radius 1 is 1.36 bits per heavy atom. The lowest BCUT2D eigenvalue weighted by Gasteiger charge is -2.26. The highest BCUT2D eigenvalue weighted by Crippen LogP contribution is 2.28. The van der Waals surface area contributed by atoms with E-state index < -0.39 is 17.2 Å². The lowest BCUT2D eigenvalue weighted by molar-refractivity contribution is 0.0998. The zero-order chi connectivity index (χ0) is 15.7. The molecular formula is C16H16FN3O2. The molecule has 1 fully saturated rings. The second-order valence-electron chi connectivity index (χ2n) is 5.63. The first kappa shape index (κ1) is 14.4. The molecule has 22 heavy (non-hydrogen) atoms. The van der Waals surface area contributed by atoms with Crippen molar-refractivity contribution in [3.05, 3.63) is 52.3 Å². The molecule has 114 valence electrons.